The number of hydrogen-bond acceptors (Lipinski definition) is 3. The van der Waals surface area contributed by atoms with Gasteiger partial charge in [0.15, 0.2) is 11.5 Å². The first-order valence-corrected chi connectivity index (χ1v) is 7.28. The predicted molar refractivity (Wildman–Crippen MR) is 87.3 cm³/mol. The minimum atomic E-state index is 0.130. The van der Waals surface area contributed by atoms with Crippen LogP contribution in [0.15, 0.2) is 36.4 Å². The molecule has 0 saturated carbocycles. The van der Waals surface area contributed by atoms with Gasteiger partial charge in [-0.1, -0.05) is 31.2 Å². The molecule has 2 aromatic rings. The van der Waals surface area contributed by atoms with Crippen molar-refractivity contribution < 1.29 is 9.84 Å². The van der Waals surface area contributed by atoms with Crippen LogP contribution in [-0.4, -0.2) is 12.2 Å². The molecule has 0 fully saturated rings. The van der Waals surface area contributed by atoms with Crippen LogP contribution in [0.5, 0.6) is 11.5 Å². The van der Waals surface area contributed by atoms with Gasteiger partial charge in [0.2, 0.25) is 0 Å². The summed E-state index contributed by atoms with van der Waals surface area (Å²) in [5.41, 5.74) is 4.83. The van der Waals surface area contributed by atoms with Crippen molar-refractivity contribution >= 4 is 5.69 Å². The Labute approximate surface area is 126 Å². The van der Waals surface area contributed by atoms with Crippen LogP contribution in [-0.2, 0) is 6.42 Å². The van der Waals surface area contributed by atoms with E-state index in [9.17, 15) is 5.11 Å². The monoisotopic (exact) mass is 285 g/mol. The lowest BCUT2D eigenvalue weighted by Crippen LogP contribution is -2.09. The number of anilines is 1. The molecular weight excluding hydrogens is 262 g/mol. The Morgan fingerprint density at radius 2 is 2.00 bits per heavy atom. The number of ether oxygens (including phenoxy) is 1. The molecule has 3 nitrogen and oxygen atoms in total. The fourth-order valence-corrected chi connectivity index (χ4v) is 2.49. The minimum Gasteiger partial charge on any atom is -0.504 e. The van der Waals surface area contributed by atoms with Crippen LogP contribution < -0.4 is 10.1 Å². The first kappa shape index (κ1) is 15.2. The standard InChI is InChI=1S/C18H23NO2/c1-5-14-8-6-7-12(2)18(14)19-13(3)15-9-10-16(20)17(11-15)21-4/h6-11,13,19-20H,5H2,1-4H3. The van der Waals surface area contributed by atoms with Crippen molar-refractivity contribution in [3.05, 3.63) is 53.1 Å². The molecule has 0 aliphatic heterocycles. The molecule has 0 aliphatic rings. The van der Waals surface area contributed by atoms with Gasteiger partial charge in [0.05, 0.1) is 7.11 Å². The third-order valence-electron chi connectivity index (χ3n) is 3.80. The van der Waals surface area contributed by atoms with Gasteiger partial charge in [-0.05, 0) is 49.1 Å². The number of aryl methyl sites for hydroxylation is 2. The van der Waals surface area contributed by atoms with E-state index >= 15 is 0 Å². The van der Waals surface area contributed by atoms with Gasteiger partial charge in [-0.25, -0.2) is 0 Å². The molecule has 0 heterocycles. The highest BCUT2D eigenvalue weighted by molar-refractivity contribution is 5.58. The maximum Gasteiger partial charge on any atom is 0.160 e. The molecule has 0 radical (unpaired) electrons. The maximum absolute atomic E-state index is 9.69. The first-order valence-electron chi connectivity index (χ1n) is 7.28. The van der Waals surface area contributed by atoms with Gasteiger partial charge < -0.3 is 15.2 Å². The third-order valence-corrected chi connectivity index (χ3v) is 3.80. The SMILES string of the molecule is CCc1cccc(C)c1NC(C)c1ccc(O)c(OC)c1. The van der Waals surface area contributed by atoms with Crippen LogP contribution in [0.2, 0.25) is 0 Å². The lowest BCUT2D eigenvalue weighted by atomic mass is 10.0. The molecule has 0 saturated heterocycles. The van der Waals surface area contributed by atoms with Crippen molar-refractivity contribution in [2.24, 2.45) is 0 Å². The highest BCUT2D eigenvalue weighted by Crippen LogP contribution is 2.31. The van der Waals surface area contributed by atoms with Crippen molar-refractivity contribution in [3.8, 4) is 11.5 Å². The van der Waals surface area contributed by atoms with Gasteiger partial charge in [-0.2, -0.15) is 0 Å². The number of hydrogen-bond donors (Lipinski definition) is 2. The van der Waals surface area contributed by atoms with E-state index in [1.165, 1.54) is 16.8 Å². The maximum atomic E-state index is 9.69. The Morgan fingerprint density at radius 1 is 1.24 bits per heavy atom. The molecule has 112 valence electrons. The minimum absolute atomic E-state index is 0.130. The van der Waals surface area contributed by atoms with Crippen LogP contribution in [0.25, 0.3) is 0 Å². The molecular formula is C18H23NO2. The van der Waals surface area contributed by atoms with Crippen molar-refractivity contribution in [1.29, 1.82) is 0 Å². The quantitative estimate of drug-likeness (QED) is 0.853. The molecule has 0 aromatic heterocycles. The second kappa shape index (κ2) is 6.53. The van der Waals surface area contributed by atoms with E-state index in [1.54, 1.807) is 13.2 Å². The summed E-state index contributed by atoms with van der Waals surface area (Å²) in [4.78, 5) is 0. The Hall–Kier alpha value is -2.16. The molecule has 3 heteroatoms. The van der Waals surface area contributed by atoms with Gasteiger partial charge in [-0.15, -0.1) is 0 Å². The fourth-order valence-electron chi connectivity index (χ4n) is 2.49. The number of methoxy groups -OCH3 is 1. The molecule has 0 aliphatic carbocycles. The van der Waals surface area contributed by atoms with Crippen molar-refractivity contribution in [2.75, 3.05) is 12.4 Å². The number of benzene rings is 2. The number of phenols is 1. The average molecular weight is 285 g/mol. The lowest BCUT2D eigenvalue weighted by molar-refractivity contribution is 0.373. The van der Waals surface area contributed by atoms with Crippen molar-refractivity contribution in [1.82, 2.24) is 0 Å². The molecule has 21 heavy (non-hydrogen) atoms. The highest BCUT2D eigenvalue weighted by Gasteiger charge is 2.12. The van der Waals surface area contributed by atoms with Crippen LogP contribution in [0, 0.1) is 6.92 Å². The van der Waals surface area contributed by atoms with Crippen molar-refractivity contribution in [3.63, 3.8) is 0 Å². The van der Waals surface area contributed by atoms with Crippen LogP contribution >= 0.6 is 0 Å². The smallest absolute Gasteiger partial charge is 0.160 e. The van der Waals surface area contributed by atoms with Crippen LogP contribution in [0.1, 0.15) is 36.6 Å². The van der Waals surface area contributed by atoms with E-state index in [0.29, 0.717) is 5.75 Å². The third kappa shape index (κ3) is 3.30. The summed E-state index contributed by atoms with van der Waals surface area (Å²) in [6.07, 6.45) is 0.996. The Balaban J connectivity index is 2.28. The molecule has 2 aromatic carbocycles. The van der Waals surface area contributed by atoms with Crippen LogP contribution in [0.3, 0.4) is 0 Å². The first-order chi connectivity index (χ1) is 10.1. The summed E-state index contributed by atoms with van der Waals surface area (Å²) >= 11 is 0. The zero-order valence-corrected chi connectivity index (χ0v) is 13.1. The lowest BCUT2D eigenvalue weighted by Gasteiger charge is -2.21. The molecule has 0 amide bonds. The van der Waals surface area contributed by atoms with Crippen molar-refractivity contribution in [2.45, 2.75) is 33.2 Å². The summed E-state index contributed by atoms with van der Waals surface area (Å²) < 4.78 is 5.18. The van der Waals surface area contributed by atoms with E-state index < -0.39 is 0 Å². The van der Waals surface area contributed by atoms with Gasteiger partial charge in [0.1, 0.15) is 0 Å². The van der Waals surface area contributed by atoms with E-state index in [4.69, 9.17) is 4.74 Å². The predicted octanol–water partition coefficient (Wildman–Crippen LogP) is 4.44. The summed E-state index contributed by atoms with van der Waals surface area (Å²) in [5.74, 6) is 0.667. The Kier molecular flexibility index (Phi) is 4.73. The molecule has 2 rings (SSSR count). The Morgan fingerprint density at radius 3 is 2.67 bits per heavy atom. The molecule has 1 unspecified atom stereocenters. The average Bonchev–Trinajstić information content (AvgIpc) is 2.49. The molecule has 2 N–H and O–H groups in total. The summed E-state index contributed by atoms with van der Waals surface area (Å²) in [5, 5.41) is 13.3. The second-order valence-corrected chi connectivity index (χ2v) is 5.26. The highest BCUT2D eigenvalue weighted by atomic mass is 16.5. The van der Waals surface area contributed by atoms with E-state index in [0.717, 1.165) is 12.0 Å². The fraction of sp³-hybridized carbons (Fsp3) is 0.333. The molecule has 0 spiro atoms. The van der Waals surface area contributed by atoms with E-state index in [1.807, 2.05) is 12.1 Å². The van der Waals surface area contributed by atoms with Crippen LogP contribution in [0.4, 0.5) is 5.69 Å². The van der Waals surface area contributed by atoms with E-state index in [2.05, 4.69) is 44.3 Å². The molecule has 1 atom stereocenters. The van der Waals surface area contributed by atoms with E-state index in [-0.39, 0.29) is 11.8 Å². The zero-order valence-electron chi connectivity index (χ0n) is 13.1. The zero-order chi connectivity index (χ0) is 15.4. The molecule has 0 bridgehead atoms. The summed E-state index contributed by atoms with van der Waals surface area (Å²) in [6, 6.07) is 11.9. The van der Waals surface area contributed by atoms with Gasteiger partial charge in [0, 0.05) is 11.7 Å². The number of nitrogens with one attached hydrogen (secondary N) is 1. The number of para-hydroxylation sites is 1. The van der Waals surface area contributed by atoms with Gasteiger partial charge in [-0.3, -0.25) is 0 Å². The number of aromatic hydroxyl groups is 1. The topological polar surface area (TPSA) is 41.5 Å². The largest absolute Gasteiger partial charge is 0.504 e. The number of phenolic OH excluding ortho intramolecular Hbond substituents is 1. The summed E-state index contributed by atoms with van der Waals surface area (Å²) in [7, 11) is 1.56. The summed E-state index contributed by atoms with van der Waals surface area (Å²) in [6.45, 7) is 6.39. The van der Waals surface area contributed by atoms with Gasteiger partial charge in [0.25, 0.3) is 0 Å². The number of rotatable bonds is 5. The Bertz CT molecular complexity index is 623. The normalized spacial score (nSPS) is 12.0. The second-order valence-electron chi connectivity index (χ2n) is 5.26. The van der Waals surface area contributed by atoms with Gasteiger partial charge >= 0.3 is 0 Å².